The van der Waals surface area contributed by atoms with E-state index in [9.17, 15) is 14.4 Å². The summed E-state index contributed by atoms with van der Waals surface area (Å²) in [7, 11) is 0. The minimum atomic E-state index is -0.512. The minimum Gasteiger partial charge on any atom is -0.334 e. The molecule has 10 heteroatoms. The maximum Gasteiger partial charge on any atom is 0.321 e. The van der Waals surface area contributed by atoms with Crippen LogP contribution in [0.2, 0.25) is 0 Å². The number of anilines is 1. The average Bonchev–Trinajstić information content (AvgIpc) is 3.18. The Bertz CT molecular complexity index is 1290. The molecule has 9 nitrogen and oxygen atoms in total. The first kappa shape index (κ1) is 24.5. The van der Waals surface area contributed by atoms with Crippen molar-refractivity contribution in [3.05, 3.63) is 64.5 Å². The lowest BCUT2D eigenvalue weighted by Crippen LogP contribution is -2.53. The zero-order valence-corrected chi connectivity index (χ0v) is 21.0. The van der Waals surface area contributed by atoms with Gasteiger partial charge in [0.15, 0.2) is 5.16 Å². The zero-order chi connectivity index (χ0) is 25.1. The van der Waals surface area contributed by atoms with Gasteiger partial charge in [-0.1, -0.05) is 36.0 Å². The van der Waals surface area contributed by atoms with Gasteiger partial charge in [-0.2, -0.15) is 0 Å². The summed E-state index contributed by atoms with van der Waals surface area (Å²) >= 11 is 1.29. The molecule has 182 valence electrons. The van der Waals surface area contributed by atoms with Gasteiger partial charge in [0.05, 0.1) is 11.4 Å². The zero-order valence-electron chi connectivity index (χ0n) is 20.1. The molecule has 0 saturated carbocycles. The highest BCUT2D eigenvalue weighted by Crippen LogP contribution is 2.27. The second-order valence-corrected chi connectivity index (χ2v) is 9.75. The van der Waals surface area contributed by atoms with Crippen molar-refractivity contribution in [3.8, 4) is 5.69 Å². The van der Waals surface area contributed by atoms with Gasteiger partial charge in [0, 0.05) is 24.6 Å². The third-order valence-corrected chi connectivity index (χ3v) is 6.68. The number of aromatic nitrogens is 3. The van der Waals surface area contributed by atoms with Crippen LogP contribution >= 0.6 is 11.8 Å². The highest BCUT2D eigenvalue weighted by molar-refractivity contribution is 7.99. The van der Waals surface area contributed by atoms with E-state index in [0.29, 0.717) is 17.4 Å². The van der Waals surface area contributed by atoms with Gasteiger partial charge >= 0.3 is 6.03 Å². The van der Waals surface area contributed by atoms with Crippen LogP contribution in [0.5, 0.6) is 0 Å². The van der Waals surface area contributed by atoms with Crippen LogP contribution in [0.25, 0.3) is 5.69 Å². The molecule has 2 aromatic carbocycles. The number of nitrogens with zero attached hydrogens (tertiary/aromatic N) is 3. The van der Waals surface area contributed by atoms with Crippen LogP contribution in [0.15, 0.2) is 41.6 Å². The summed E-state index contributed by atoms with van der Waals surface area (Å²) in [5, 5.41) is 17.3. The molecule has 1 saturated heterocycles. The van der Waals surface area contributed by atoms with Crippen LogP contribution in [0.1, 0.15) is 34.5 Å². The number of rotatable bonds is 7. The van der Waals surface area contributed by atoms with Crippen molar-refractivity contribution in [2.75, 3.05) is 11.1 Å². The lowest BCUT2D eigenvalue weighted by atomic mass is 10.1. The number of hydrogen-bond donors (Lipinski definition) is 3. The molecule has 1 aliphatic rings. The van der Waals surface area contributed by atoms with E-state index in [0.717, 1.165) is 33.6 Å². The van der Waals surface area contributed by atoms with Gasteiger partial charge in [0.1, 0.15) is 5.82 Å². The first-order chi connectivity index (χ1) is 16.7. The van der Waals surface area contributed by atoms with Crippen molar-refractivity contribution in [2.24, 2.45) is 0 Å². The van der Waals surface area contributed by atoms with Gasteiger partial charge in [-0.15, -0.1) is 10.2 Å². The lowest BCUT2D eigenvalue weighted by molar-refractivity contribution is -0.121. The summed E-state index contributed by atoms with van der Waals surface area (Å²) in [6.07, 6.45) is 0.487. The molecular weight excluding hydrogens is 464 g/mol. The quantitative estimate of drug-likeness (QED) is 0.435. The summed E-state index contributed by atoms with van der Waals surface area (Å²) in [6, 6.07) is 11.1. The number of benzene rings is 2. The molecule has 4 amide bonds. The van der Waals surface area contributed by atoms with E-state index < -0.39 is 12.1 Å². The van der Waals surface area contributed by atoms with Crippen LogP contribution in [0.3, 0.4) is 0 Å². The molecule has 3 N–H and O–H groups in total. The van der Waals surface area contributed by atoms with Gasteiger partial charge in [0.25, 0.3) is 0 Å². The van der Waals surface area contributed by atoms with Crippen LogP contribution in [-0.4, -0.2) is 44.4 Å². The highest BCUT2D eigenvalue weighted by atomic mass is 32.2. The average molecular weight is 493 g/mol. The van der Waals surface area contributed by atoms with Gasteiger partial charge in [-0.25, -0.2) is 4.79 Å². The van der Waals surface area contributed by atoms with E-state index in [-0.39, 0.29) is 24.0 Å². The van der Waals surface area contributed by atoms with Crippen LogP contribution in [0.4, 0.5) is 10.5 Å². The molecule has 0 bridgehead atoms. The molecule has 0 aliphatic carbocycles. The molecule has 0 spiro atoms. The van der Waals surface area contributed by atoms with Crippen molar-refractivity contribution in [3.63, 3.8) is 0 Å². The number of nitrogens with one attached hydrogen (secondary N) is 3. The molecule has 3 aromatic rings. The number of amides is 4. The number of thioether (sulfide) groups is 1. The van der Waals surface area contributed by atoms with Crippen LogP contribution < -0.4 is 16.0 Å². The normalized spacial score (nSPS) is 15.5. The molecule has 1 aliphatic heterocycles. The number of urea groups is 1. The Morgan fingerprint density at radius 1 is 1.06 bits per heavy atom. The molecule has 0 radical (unpaired) electrons. The predicted octanol–water partition coefficient (Wildman–Crippen LogP) is 3.37. The summed E-state index contributed by atoms with van der Waals surface area (Å²) in [5.74, 6) is 0.293. The first-order valence-electron chi connectivity index (χ1n) is 11.3. The predicted molar refractivity (Wildman–Crippen MR) is 135 cm³/mol. The lowest BCUT2D eigenvalue weighted by Gasteiger charge is -2.23. The summed E-state index contributed by atoms with van der Waals surface area (Å²) in [4.78, 5) is 36.3. The topological polar surface area (TPSA) is 118 Å². The van der Waals surface area contributed by atoms with Crippen LogP contribution in [0, 0.1) is 27.7 Å². The van der Waals surface area contributed by atoms with E-state index in [2.05, 4.69) is 26.1 Å². The van der Waals surface area contributed by atoms with E-state index in [4.69, 9.17) is 0 Å². The fraction of sp³-hybridized carbons (Fsp3) is 0.320. The van der Waals surface area contributed by atoms with Gasteiger partial charge in [-0.3, -0.25) is 19.5 Å². The molecule has 1 fully saturated rings. The third-order valence-electron chi connectivity index (χ3n) is 5.75. The third kappa shape index (κ3) is 5.89. The van der Waals surface area contributed by atoms with Gasteiger partial charge in [0.2, 0.25) is 11.8 Å². The molecule has 1 aromatic heterocycles. The molecule has 1 unspecified atom stereocenters. The molecule has 4 rings (SSSR count). The van der Waals surface area contributed by atoms with Crippen molar-refractivity contribution in [1.29, 1.82) is 0 Å². The van der Waals surface area contributed by atoms with Crippen molar-refractivity contribution < 1.29 is 14.4 Å². The minimum absolute atomic E-state index is 0.142. The van der Waals surface area contributed by atoms with Crippen molar-refractivity contribution in [1.82, 2.24) is 25.4 Å². The Morgan fingerprint density at radius 2 is 1.77 bits per heavy atom. The van der Waals surface area contributed by atoms with Crippen molar-refractivity contribution >= 4 is 35.3 Å². The SMILES string of the molecule is Cc1ccc(C)c(NC(=O)CSc2nnc(CC3CC(=O)NC(=O)N3)n2-c2cc(C)ccc2C)c1. The summed E-state index contributed by atoms with van der Waals surface area (Å²) < 4.78 is 1.91. The standard InChI is InChI=1S/C25H28N6O3S/c1-14-5-7-16(3)19(9-14)27-23(33)13-35-25-30-29-21(11-18-12-22(32)28-24(34)26-18)31(25)20-10-15(2)6-8-17(20)4/h5-10,18H,11-13H2,1-4H3,(H,27,33)(H2,26,28,32,34). The Hall–Kier alpha value is -3.66. The largest absolute Gasteiger partial charge is 0.334 e. The Labute approximate surface area is 208 Å². The van der Waals surface area contributed by atoms with Crippen molar-refractivity contribution in [2.45, 2.75) is 51.7 Å². The number of aryl methyl sites for hydroxylation is 4. The monoisotopic (exact) mass is 492 g/mol. The fourth-order valence-electron chi connectivity index (χ4n) is 3.93. The highest BCUT2D eigenvalue weighted by Gasteiger charge is 2.27. The number of imide groups is 1. The van der Waals surface area contributed by atoms with Gasteiger partial charge < -0.3 is 10.6 Å². The van der Waals surface area contributed by atoms with E-state index in [1.807, 2.05) is 68.7 Å². The molecular formula is C25H28N6O3S. The van der Waals surface area contributed by atoms with E-state index in [1.165, 1.54) is 11.8 Å². The van der Waals surface area contributed by atoms with Crippen LogP contribution in [-0.2, 0) is 16.0 Å². The molecule has 2 heterocycles. The smallest absolute Gasteiger partial charge is 0.321 e. The maximum atomic E-state index is 12.7. The van der Waals surface area contributed by atoms with E-state index >= 15 is 0 Å². The Balaban J connectivity index is 1.58. The van der Waals surface area contributed by atoms with E-state index in [1.54, 1.807) is 0 Å². The fourth-order valence-corrected chi connectivity index (χ4v) is 4.70. The number of hydrogen-bond acceptors (Lipinski definition) is 6. The molecule has 35 heavy (non-hydrogen) atoms. The second-order valence-electron chi connectivity index (χ2n) is 8.81. The summed E-state index contributed by atoms with van der Waals surface area (Å²) in [6.45, 7) is 7.94. The Kier molecular flexibility index (Phi) is 7.20. The maximum absolute atomic E-state index is 12.7. The second kappa shape index (κ2) is 10.3. The number of carbonyl (C=O) groups is 3. The number of carbonyl (C=O) groups excluding carboxylic acids is 3. The van der Waals surface area contributed by atoms with Gasteiger partial charge in [-0.05, 0) is 62.1 Å². The Morgan fingerprint density at radius 3 is 2.51 bits per heavy atom. The first-order valence-corrected chi connectivity index (χ1v) is 12.3. The molecule has 1 atom stereocenters. The summed E-state index contributed by atoms with van der Waals surface area (Å²) in [5.41, 5.74) is 5.84.